The molecule has 6 heteroatoms. The number of nitrogens with two attached hydrogens (primary N) is 2. The smallest absolute Gasteiger partial charge is 0.232 e. The lowest BCUT2D eigenvalue weighted by Crippen LogP contribution is -2.41. The number of nitrogens with one attached hydrogen (secondary N) is 1. The Hall–Kier alpha value is -2.08. The van der Waals surface area contributed by atoms with Crippen molar-refractivity contribution in [1.29, 1.82) is 0 Å². The molecule has 0 spiro atoms. The van der Waals surface area contributed by atoms with E-state index < -0.39 is 23.8 Å². The maximum atomic E-state index is 12.0. The number of unbranched alkanes of at least 4 members (excludes halogenated alkanes) is 1. The lowest BCUT2D eigenvalue weighted by molar-refractivity contribution is -0.134. The zero-order valence-electron chi connectivity index (χ0n) is 13.5. The topological polar surface area (TPSA) is 118 Å². The third-order valence-electron chi connectivity index (χ3n) is 3.57. The van der Waals surface area contributed by atoms with E-state index in [4.69, 9.17) is 11.5 Å². The minimum atomic E-state index is -1.02. The zero-order chi connectivity index (χ0) is 17.2. The van der Waals surface area contributed by atoms with E-state index >= 15 is 0 Å². The summed E-state index contributed by atoms with van der Waals surface area (Å²) in [6.07, 6.45) is 3.05. The van der Waals surface area contributed by atoms with Crippen LogP contribution in [0.5, 0.6) is 0 Å². The molecule has 2 atom stereocenters. The van der Waals surface area contributed by atoms with Gasteiger partial charge in [0.25, 0.3) is 0 Å². The Labute approximate surface area is 137 Å². The summed E-state index contributed by atoms with van der Waals surface area (Å²) in [6, 6.07) is 7.29. The molecule has 1 aromatic carbocycles. The summed E-state index contributed by atoms with van der Waals surface area (Å²) >= 11 is 0. The van der Waals surface area contributed by atoms with E-state index in [-0.39, 0.29) is 6.42 Å². The van der Waals surface area contributed by atoms with Crippen molar-refractivity contribution < 1.29 is 14.7 Å². The summed E-state index contributed by atoms with van der Waals surface area (Å²) in [5, 5.41) is 12.7. The summed E-state index contributed by atoms with van der Waals surface area (Å²) < 4.78 is 0. The highest BCUT2D eigenvalue weighted by Gasteiger charge is 2.26. The van der Waals surface area contributed by atoms with E-state index in [1.54, 1.807) is 18.6 Å². The molecule has 0 unspecified atom stereocenters. The zero-order valence-corrected chi connectivity index (χ0v) is 13.5. The Morgan fingerprint density at radius 1 is 1.30 bits per heavy atom. The van der Waals surface area contributed by atoms with Crippen LogP contribution in [0.15, 0.2) is 24.3 Å². The van der Waals surface area contributed by atoms with Gasteiger partial charge in [-0.25, -0.2) is 0 Å². The number of amides is 2. The molecule has 0 fully saturated rings. The number of hydrogen-bond donors (Lipinski definition) is 4. The predicted molar refractivity (Wildman–Crippen MR) is 90.1 cm³/mol. The van der Waals surface area contributed by atoms with Gasteiger partial charge in [0.15, 0.2) is 0 Å². The maximum Gasteiger partial charge on any atom is 0.232 e. The van der Waals surface area contributed by atoms with Gasteiger partial charge < -0.3 is 21.9 Å². The fourth-order valence-corrected chi connectivity index (χ4v) is 2.13. The molecule has 0 aromatic heterocycles. The number of aliphatic hydroxyl groups is 1. The minimum absolute atomic E-state index is 0.0116. The molecule has 1 rings (SSSR count). The normalized spacial score (nSPS) is 13.3. The highest BCUT2D eigenvalue weighted by Crippen LogP contribution is 2.13. The first-order chi connectivity index (χ1) is 10.9. The van der Waals surface area contributed by atoms with E-state index in [2.05, 4.69) is 5.32 Å². The number of aliphatic hydroxyl groups excluding tert-OH is 1. The Morgan fingerprint density at radius 3 is 2.52 bits per heavy atom. The molecule has 2 amide bonds. The fraction of sp³-hybridized carbons (Fsp3) is 0.471. The van der Waals surface area contributed by atoms with Crippen molar-refractivity contribution in [2.75, 3.05) is 12.3 Å². The van der Waals surface area contributed by atoms with E-state index in [0.717, 1.165) is 18.4 Å². The van der Waals surface area contributed by atoms with E-state index in [1.165, 1.54) is 0 Å². The van der Waals surface area contributed by atoms with Crippen LogP contribution >= 0.6 is 0 Å². The number of hydrogen-bond acceptors (Lipinski definition) is 4. The predicted octanol–water partition coefficient (Wildman–Crippen LogP) is 0.784. The van der Waals surface area contributed by atoms with Crippen molar-refractivity contribution >= 4 is 17.5 Å². The average Bonchev–Trinajstić information content (AvgIpc) is 2.52. The number of anilines is 1. The van der Waals surface area contributed by atoms with Crippen molar-refractivity contribution in [3.05, 3.63) is 36.2 Å². The van der Waals surface area contributed by atoms with Gasteiger partial charge in [0.05, 0.1) is 6.10 Å². The van der Waals surface area contributed by atoms with Gasteiger partial charge in [0, 0.05) is 12.2 Å². The van der Waals surface area contributed by atoms with Crippen LogP contribution in [0.4, 0.5) is 5.69 Å². The second-order valence-electron chi connectivity index (χ2n) is 5.58. The molecular formula is C17H26N3O3. The van der Waals surface area contributed by atoms with Crippen LogP contribution in [0.1, 0.15) is 31.7 Å². The van der Waals surface area contributed by atoms with Crippen molar-refractivity contribution in [2.24, 2.45) is 11.7 Å². The second-order valence-corrected chi connectivity index (χ2v) is 5.58. The van der Waals surface area contributed by atoms with Crippen LogP contribution in [0, 0.1) is 12.3 Å². The molecular weight excluding hydrogens is 294 g/mol. The van der Waals surface area contributed by atoms with Crippen LogP contribution in [0.25, 0.3) is 0 Å². The van der Waals surface area contributed by atoms with Gasteiger partial charge in [0.2, 0.25) is 11.8 Å². The van der Waals surface area contributed by atoms with Crippen molar-refractivity contribution in [2.45, 2.75) is 38.7 Å². The molecule has 6 nitrogen and oxygen atoms in total. The number of carbonyl (C=O) groups is 2. The molecule has 0 aliphatic heterocycles. The second kappa shape index (κ2) is 9.84. The average molecular weight is 320 g/mol. The molecule has 23 heavy (non-hydrogen) atoms. The Balaban J connectivity index is 2.46. The van der Waals surface area contributed by atoms with Gasteiger partial charge >= 0.3 is 0 Å². The van der Waals surface area contributed by atoms with Crippen molar-refractivity contribution in [1.82, 2.24) is 5.32 Å². The summed E-state index contributed by atoms with van der Waals surface area (Å²) in [7, 11) is 0. The van der Waals surface area contributed by atoms with Crippen LogP contribution < -0.4 is 16.8 Å². The number of carbonyl (C=O) groups excluding carboxylic acids is 2. The molecule has 0 bridgehead atoms. The SMILES string of the molecule is CCCCNC(=O)[C@H](C[C@@H](O)[CH]Cc1ccc(N)cc1)C(N)=O. The minimum Gasteiger partial charge on any atom is -0.399 e. The molecule has 1 radical (unpaired) electrons. The van der Waals surface area contributed by atoms with Crippen LogP contribution in [0.3, 0.4) is 0 Å². The lowest BCUT2D eigenvalue weighted by atomic mass is 9.95. The largest absolute Gasteiger partial charge is 0.399 e. The summed E-state index contributed by atoms with van der Waals surface area (Å²) in [4.78, 5) is 23.4. The van der Waals surface area contributed by atoms with Crippen molar-refractivity contribution in [3.8, 4) is 0 Å². The summed E-state index contributed by atoms with van der Waals surface area (Å²) in [5.41, 5.74) is 12.5. The molecule has 127 valence electrons. The van der Waals surface area contributed by atoms with Gasteiger partial charge in [-0.15, -0.1) is 0 Å². The summed E-state index contributed by atoms with van der Waals surface area (Å²) in [6.45, 7) is 2.51. The monoisotopic (exact) mass is 320 g/mol. The summed E-state index contributed by atoms with van der Waals surface area (Å²) in [5.74, 6) is -2.17. The van der Waals surface area contributed by atoms with Crippen molar-refractivity contribution in [3.63, 3.8) is 0 Å². The number of nitrogen functional groups attached to an aromatic ring is 1. The molecule has 0 aliphatic rings. The van der Waals surface area contributed by atoms with Gasteiger partial charge in [-0.05, 0) is 43.4 Å². The Morgan fingerprint density at radius 2 is 1.96 bits per heavy atom. The standard InChI is InChI=1S/C17H26N3O3/c1-2-3-10-20-17(23)15(16(19)22)11-14(21)9-6-12-4-7-13(18)8-5-12/h4-5,7-9,14-15,21H,2-3,6,10-11,18H2,1H3,(H2,19,22)(H,20,23)/t14-,15+/m0/s1. The quantitative estimate of drug-likeness (QED) is 0.289. The first-order valence-corrected chi connectivity index (χ1v) is 7.86. The van der Waals surface area contributed by atoms with E-state index in [0.29, 0.717) is 18.7 Å². The molecule has 0 saturated heterocycles. The molecule has 0 heterocycles. The molecule has 6 N–H and O–H groups in total. The highest BCUT2D eigenvalue weighted by molar-refractivity contribution is 5.99. The third kappa shape index (κ3) is 7.15. The maximum absolute atomic E-state index is 12.0. The third-order valence-corrected chi connectivity index (χ3v) is 3.57. The lowest BCUT2D eigenvalue weighted by Gasteiger charge is -2.17. The first-order valence-electron chi connectivity index (χ1n) is 7.86. The van der Waals surface area contributed by atoms with Gasteiger partial charge in [0.1, 0.15) is 5.92 Å². The van der Waals surface area contributed by atoms with E-state index in [1.807, 2.05) is 19.1 Å². The van der Waals surface area contributed by atoms with Gasteiger partial charge in [-0.2, -0.15) is 0 Å². The highest BCUT2D eigenvalue weighted by atomic mass is 16.3. The fourth-order valence-electron chi connectivity index (χ4n) is 2.13. The number of rotatable bonds is 10. The van der Waals surface area contributed by atoms with E-state index in [9.17, 15) is 14.7 Å². The number of primary amides is 1. The van der Waals surface area contributed by atoms with Gasteiger partial charge in [-0.3, -0.25) is 9.59 Å². The number of benzene rings is 1. The van der Waals surface area contributed by atoms with Gasteiger partial charge in [-0.1, -0.05) is 25.5 Å². The van der Waals surface area contributed by atoms with Crippen LogP contribution in [0.2, 0.25) is 0 Å². The first kappa shape index (κ1) is 19.0. The van der Waals surface area contributed by atoms with Crippen LogP contribution in [-0.2, 0) is 16.0 Å². The Kier molecular flexibility index (Phi) is 8.11. The Bertz CT molecular complexity index is 502. The molecule has 1 aromatic rings. The van der Waals surface area contributed by atoms with Crippen LogP contribution in [-0.4, -0.2) is 29.6 Å². The molecule has 0 saturated carbocycles. The molecule has 0 aliphatic carbocycles.